The van der Waals surface area contributed by atoms with Gasteiger partial charge in [-0.1, -0.05) is 23.4 Å². The minimum Gasteiger partial charge on any atom is -0.436 e. The number of amides is 1. The summed E-state index contributed by atoms with van der Waals surface area (Å²) in [6, 6.07) is 15.2. The van der Waals surface area contributed by atoms with Crippen LogP contribution in [-0.2, 0) is 11.3 Å². The normalized spacial score (nSPS) is 10.9. The number of fused-ring (bicyclic) bond motifs is 1. The molecular formula is C18H14N4O3. The molecule has 0 saturated heterocycles. The maximum Gasteiger partial charge on any atom is 0.246 e. The molecule has 0 aliphatic carbocycles. The van der Waals surface area contributed by atoms with Crippen LogP contribution in [0.5, 0.6) is 0 Å². The monoisotopic (exact) mass is 334 g/mol. The second-order valence-corrected chi connectivity index (χ2v) is 5.49. The number of aromatic nitrogens is 3. The standard InChI is InChI=1S/C18H14N4O3/c1-11(23)19-10-16-21-17(22-25-16)13-7-8-15-14(9-13)20-18(24-15)12-5-3-2-4-6-12/h2-9H,10H2,1H3,(H,19,23). The van der Waals surface area contributed by atoms with Crippen LogP contribution in [0.25, 0.3) is 33.9 Å². The Balaban J connectivity index is 1.64. The van der Waals surface area contributed by atoms with Gasteiger partial charge in [-0.15, -0.1) is 0 Å². The van der Waals surface area contributed by atoms with Gasteiger partial charge in [0.05, 0.1) is 6.54 Å². The average molecular weight is 334 g/mol. The number of carbonyl (C=O) groups excluding carboxylic acids is 1. The predicted molar refractivity (Wildman–Crippen MR) is 90.3 cm³/mol. The number of rotatable bonds is 4. The topological polar surface area (TPSA) is 94.1 Å². The fraction of sp³-hybridized carbons (Fsp3) is 0.111. The maximum atomic E-state index is 10.9. The molecule has 0 spiro atoms. The molecule has 0 bridgehead atoms. The first kappa shape index (κ1) is 15.1. The van der Waals surface area contributed by atoms with E-state index in [1.807, 2.05) is 48.5 Å². The Kier molecular flexibility index (Phi) is 3.74. The van der Waals surface area contributed by atoms with Gasteiger partial charge >= 0.3 is 0 Å². The van der Waals surface area contributed by atoms with Crippen molar-refractivity contribution in [2.24, 2.45) is 0 Å². The van der Waals surface area contributed by atoms with Gasteiger partial charge < -0.3 is 14.3 Å². The van der Waals surface area contributed by atoms with Crippen LogP contribution in [0, 0.1) is 0 Å². The summed E-state index contributed by atoms with van der Waals surface area (Å²) >= 11 is 0. The molecule has 0 radical (unpaired) electrons. The van der Waals surface area contributed by atoms with Crippen LogP contribution in [0.2, 0.25) is 0 Å². The van der Waals surface area contributed by atoms with Gasteiger partial charge in [-0.2, -0.15) is 4.98 Å². The Morgan fingerprint density at radius 1 is 1.08 bits per heavy atom. The highest BCUT2D eigenvalue weighted by atomic mass is 16.5. The Morgan fingerprint density at radius 3 is 2.72 bits per heavy atom. The fourth-order valence-corrected chi connectivity index (χ4v) is 2.41. The van der Waals surface area contributed by atoms with Crippen molar-refractivity contribution < 1.29 is 13.7 Å². The zero-order valence-corrected chi connectivity index (χ0v) is 13.4. The summed E-state index contributed by atoms with van der Waals surface area (Å²) in [6.07, 6.45) is 0. The summed E-state index contributed by atoms with van der Waals surface area (Å²) in [5.74, 6) is 1.19. The molecule has 0 fully saturated rings. The largest absolute Gasteiger partial charge is 0.436 e. The van der Waals surface area contributed by atoms with Crippen molar-refractivity contribution in [2.75, 3.05) is 0 Å². The quantitative estimate of drug-likeness (QED) is 0.616. The van der Waals surface area contributed by atoms with Crippen molar-refractivity contribution in [1.29, 1.82) is 0 Å². The highest BCUT2D eigenvalue weighted by Gasteiger charge is 2.13. The zero-order valence-electron chi connectivity index (χ0n) is 13.4. The van der Waals surface area contributed by atoms with E-state index in [0.29, 0.717) is 28.7 Å². The van der Waals surface area contributed by atoms with E-state index in [4.69, 9.17) is 8.94 Å². The van der Waals surface area contributed by atoms with Crippen LogP contribution < -0.4 is 5.32 Å². The van der Waals surface area contributed by atoms with Crippen LogP contribution in [0.1, 0.15) is 12.8 Å². The van der Waals surface area contributed by atoms with Gasteiger partial charge in [0, 0.05) is 18.1 Å². The number of nitrogens with one attached hydrogen (secondary N) is 1. The van der Waals surface area contributed by atoms with Gasteiger partial charge in [0.25, 0.3) is 0 Å². The molecule has 4 rings (SSSR count). The van der Waals surface area contributed by atoms with Gasteiger partial charge in [-0.05, 0) is 30.3 Å². The molecule has 1 amide bonds. The lowest BCUT2D eigenvalue weighted by atomic mass is 10.2. The van der Waals surface area contributed by atoms with Crippen molar-refractivity contribution in [1.82, 2.24) is 20.4 Å². The van der Waals surface area contributed by atoms with Crippen LogP contribution in [0.4, 0.5) is 0 Å². The van der Waals surface area contributed by atoms with Crippen LogP contribution in [0.3, 0.4) is 0 Å². The third-order valence-electron chi connectivity index (χ3n) is 3.62. The third-order valence-corrected chi connectivity index (χ3v) is 3.62. The SMILES string of the molecule is CC(=O)NCc1nc(-c2ccc3oc(-c4ccccc4)nc3c2)no1. The summed E-state index contributed by atoms with van der Waals surface area (Å²) < 4.78 is 10.9. The smallest absolute Gasteiger partial charge is 0.246 e. The van der Waals surface area contributed by atoms with E-state index < -0.39 is 0 Å². The van der Waals surface area contributed by atoms with E-state index in [1.54, 1.807) is 0 Å². The molecule has 124 valence electrons. The zero-order chi connectivity index (χ0) is 17.2. The van der Waals surface area contributed by atoms with Gasteiger partial charge in [-0.3, -0.25) is 4.79 Å². The minimum atomic E-state index is -0.155. The predicted octanol–water partition coefficient (Wildman–Crippen LogP) is 3.18. The van der Waals surface area contributed by atoms with E-state index in [2.05, 4.69) is 20.4 Å². The average Bonchev–Trinajstić information content (AvgIpc) is 3.27. The molecule has 4 aromatic rings. The number of carbonyl (C=O) groups is 1. The van der Waals surface area contributed by atoms with Crippen molar-refractivity contribution in [3.8, 4) is 22.8 Å². The second kappa shape index (κ2) is 6.20. The molecular weight excluding hydrogens is 320 g/mol. The van der Waals surface area contributed by atoms with Crippen molar-refractivity contribution in [3.63, 3.8) is 0 Å². The van der Waals surface area contributed by atoms with Crippen LogP contribution in [-0.4, -0.2) is 21.0 Å². The van der Waals surface area contributed by atoms with Crippen LogP contribution in [0.15, 0.2) is 57.5 Å². The minimum absolute atomic E-state index is 0.155. The fourth-order valence-electron chi connectivity index (χ4n) is 2.41. The van der Waals surface area contributed by atoms with Gasteiger partial charge in [0.15, 0.2) is 5.58 Å². The van der Waals surface area contributed by atoms with E-state index >= 15 is 0 Å². The first-order valence-electron chi connectivity index (χ1n) is 7.72. The number of benzene rings is 2. The van der Waals surface area contributed by atoms with E-state index in [1.165, 1.54) is 6.92 Å². The Morgan fingerprint density at radius 2 is 1.92 bits per heavy atom. The molecule has 0 aliphatic rings. The maximum absolute atomic E-state index is 10.9. The number of hydrogen-bond acceptors (Lipinski definition) is 6. The molecule has 2 aromatic carbocycles. The molecule has 0 aliphatic heterocycles. The highest BCUT2D eigenvalue weighted by molar-refractivity contribution is 5.81. The van der Waals surface area contributed by atoms with Crippen molar-refractivity contribution in [2.45, 2.75) is 13.5 Å². The molecule has 0 atom stereocenters. The molecule has 0 unspecified atom stereocenters. The molecule has 1 N–H and O–H groups in total. The lowest BCUT2D eigenvalue weighted by Crippen LogP contribution is -2.18. The van der Waals surface area contributed by atoms with E-state index in [0.717, 1.165) is 11.1 Å². The first-order valence-corrected chi connectivity index (χ1v) is 7.72. The van der Waals surface area contributed by atoms with Gasteiger partial charge in [0.1, 0.15) is 5.52 Å². The van der Waals surface area contributed by atoms with Crippen molar-refractivity contribution >= 4 is 17.0 Å². The van der Waals surface area contributed by atoms with Crippen molar-refractivity contribution in [3.05, 3.63) is 54.4 Å². The molecule has 0 saturated carbocycles. The van der Waals surface area contributed by atoms with E-state index in [-0.39, 0.29) is 12.5 Å². The second-order valence-electron chi connectivity index (χ2n) is 5.49. The van der Waals surface area contributed by atoms with Gasteiger partial charge in [-0.25, -0.2) is 4.98 Å². The number of oxazole rings is 1. The Bertz CT molecular complexity index is 1040. The highest BCUT2D eigenvalue weighted by Crippen LogP contribution is 2.27. The van der Waals surface area contributed by atoms with Gasteiger partial charge in [0.2, 0.25) is 23.5 Å². The summed E-state index contributed by atoms with van der Waals surface area (Å²) in [6.45, 7) is 1.63. The lowest BCUT2D eigenvalue weighted by Gasteiger charge is -1.94. The summed E-state index contributed by atoms with van der Waals surface area (Å²) in [5, 5.41) is 6.56. The third kappa shape index (κ3) is 3.12. The summed E-state index contributed by atoms with van der Waals surface area (Å²) in [7, 11) is 0. The molecule has 2 aromatic heterocycles. The molecule has 2 heterocycles. The number of nitrogens with zero attached hydrogens (tertiary/aromatic N) is 3. The first-order chi connectivity index (χ1) is 12.2. The van der Waals surface area contributed by atoms with Crippen LogP contribution >= 0.6 is 0 Å². The summed E-state index contributed by atoms with van der Waals surface area (Å²) in [5.41, 5.74) is 3.07. The molecule has 7 nitrogen and oxygen atoms in total. The van der Waals surface area contributed by atoms with E-state index in [9.17, 15) is 4.79 Å². The Labute approximate surface area is 142 Å². The summed E-state index contributed by atoms with van der Waals surface area (Å²) in [4.78, 5) is 19.7. The number of hydrogen-bond donors (Lipinski definition) is 1. The molecule has 7 heteroatoms. The lowest BCUT2D eigenvalue weighted by molar-refractivity contribution is -0.119. The Hall–Kier alpha value is -3.48. The molecule has 25 heavy (non-hydrogen) atoms.